The van der Waals surface area contributed by atoms with Gasteiger partial charge < -0.3 is 10.7 Å². The summed E-state index contributed by atoms with van der Waals surface area (Å²) in [5.41, 5.74) is 2.27. The summed E-state index contributed by atoms with van der Waals surface area (Å²) >= 11 is 1.36. The number of hydrogen-bond acceptors (Lipinski definition) is 5. The highest BCUT2D eigenvalue weighted by Crippen LogP contribution is 2.27. The normalized spacial score (nSPS) is 17.7. The molecule has 2 heterocycles. The van der Waals surface area contributed by atoms with Gasteiger partial charge in [-0.25, -0.2) is 4.68 Å². The summed E-state index contributed by atoms with van der Waals surface area (Å²) in [7, 11) is 0. The van der Waals surface area contributed by atoms with Crippen molar-refractivity contribution in [2.75, 3.05) is 18.1 Å². The Balaban J connectivity index is 1.67. The number of carbonyl (C=O) groups excluding carboxylic acids is 1. The van der Waals surface area contributed by atoms with Gasteiger partial charge in [0.1, 0.15) is 0 Å². The van der Waals surface area contributed by atoms with E-state index in [4.69, 9.17) is 5.84 Å². The van der Waals surface area contributed by atoms with Crippen molar-refractivity contribution in [2.24, 2.45) is 0 Å². The first-order valence-corrected chi connectivity index (χ1v) is 11.0. The summed E-state index contributed by atoms with van der Waals surface area (Å²) < 4.78 is 1.48. The van der Waals surface area contributed by atoms with Crippen molar-refractivity contribution in [2.45, 2.75) is 70.0 Å². The molecule has 152 valence electrons. The molecule has 28 heavy (non-hydrogen) atoms. The Morgan fingerprint density at radius 3 is 2.57 bits per heavy atom. The first-order valence-electron chi connectivity index (χ1n) is 10.0. The van der Waals surface area contributed by atoms with Crippen LogP contribution in [0.15, 0.2) is 29.4 Å². The van der Waals surface area contributed by atoms with Crippen LogP contribution < -0.4 is 5.84 Å². The number of nitrogen functional groups attached to an aromatic ring is 1. The number of benzene rings is 1. The van der Waals surface area contributed by atoms with Gasteiger partial charge in [-0.3, -0.25) is 4.79 Å². The van der Waals surface area contributed by atoms with E-state index in [2.05, 4.69) is 50.0 Å². The van der Waals surface area contributed by atoms with Crippen molar-refractivity contribution in [3.05, 3.63) is 29.8 Å². The van der Waals surface area contributed by atoms with Crippen LogP contribution in [0.2, 0.25) is 0 Å². The van der Waals surface area contributed by atoms with E-state index in [1.807, 2.05) is 17.0 Å². The predicted octanol–water partition coefficient (Wildman–Crippen LogP) is 3.84. The monoisotopic (exact) mass is 401 g/mol. The fraction of sp³-hybridized carbons (Fsp3) is 0.571. The largest absolute Gasteiger partial charge is 0.339 e. The van der Waals surface area contributed by atoms with E-state index in [1.54, 1.807) is 0 Å². The van der Waals surface area contributed by atoms with E-state index in [-0.39, 0.29) is 11.3 Å². The van der Waals surface area contributed by atoms with Crippen LogP contribution in [0, 0.1) is 0 Å². The average Bonchev–Trinajstić information content (AvgIpc) is 3.06. The van der Waals surface area contributed by atoms with Crippen LogP contribution >= 0.6 is 11.8 Å². The first kappa shape index (κ1) is 20.7. The van der Waals surface area contributed by atoms with E-state index in [9.17, 15) is 4.79 Å². The molecule has 0 radical (unpaired) electrons. The quantitative estimate of drug-likeness (QED) is 0.608. The van der Waals surface area contributed by atoms with Gasteiger partial charge in [-0.2, -0.15) is 0 Å². The SMILES string of the molecule is CC[C@@H]1CCCCN1C(=O)CSc1nnc(-c2ccc(C(C)(C)C)cc2)n1N. The molecule has 2 aromatic rings. The molecule has 1 atom stereocenters. The van der Waals surface area contributed by atoms with Crippen molar-refractivity contribution < 1.29 is 4.79 Å². The second kappa shape index (κ2) is 8.55. The zero-order valence-corrected chi connectivity index (χ0v) is 18.1. The molecular formula is C21H31N5OS. The second-order valence-electron chi connectivity index (χ2n) is 8.44. The molecule has 2 N–H and O–H groups in total. The minimum Gasteiger partial charge on any atom is -0.339 e. The zero-order chi connectivity index (χ0) is 20.3. The molecular weight excluding hydrogens is 370 g/mol. The summed E-state index contributed by atoms with van der Waals surface area (Å²) in [4.78, 5) is 14.7. The summed E-state index contributed by atoms with van der Waals surface area (Å²) in [6.07, 6.45) is 4.42. The summed E-state index contributed by atoms with van der Waals surface area (Å²) in [5.74, 6) is 7.34. The number of likely N-dealkylation sites (tertiary alicyclic amines) is 1. The van der Waals surface area contributed by atoms with E-state index in [0.717, 1.165) is 31.4 Å². The molecule has 7 heteroatoms. The van der Waals surface area contributed by atoms with Gasteiger partial charge in [-0.05, 0) is 36.7 Å². The molecule has 1 aromatic carbocycles. The first-order chi connectivity index (χ1) is 13.3. The van der Waals surface area contributed by atoms with Crippen molar-refractivity contribution in [3.63, 3.8) is 0 Å². The molecule has 3 rings (SSSR count). The summed E-state index contributed by atoms with van der Waals surface area (Å²) in [6, 6.07) is 8.61. The Kier molecular flexibility index (Phi) is 6.33. The summed E-state index contributed by atoms with van der Waals surface area (Å²) in [6.45, 7) is 9.57. The van der Waals surface area contributed by atoms with Crippen molar-refractivity contribution >= 4 is 17.7 Å². The van der Waals surface area contributed by atoms with Crippen LogP contribution in [0.5, 0.6) is 0 Å². The second-order valence-corrected chi connectivity index (χ2v) is 9.38. The molecule has 0 bridgehead atoms. The molecule has 6 nitrogen and oxygen atoms in total. The lowest BCUT2D eigenvalue weighted by Crippen LogP contribution is -2.44. The van der Waals surface area contributed by atoms with E-state index < -0.39 is 0 Å². The number of rotatable bonds is 5. The molecule has 0 unspecified atom stereocenters. The highest BCUT2D eigenvalue weighted by molar-refractivity contribution is 7.99. The number of nitrogens with two attached hydrogens (primary N) is 1. The Labute approximate surface area is 171 Å². The Morgan fingerprint density at radius 2 is 1.93 bits per heavy atom. The third-order valence-electron chi connectivity index (χ3n) is 5.42. The van der Waals surface area contributed by atoms with E-state index in [1.165, 1.54) is 28.4 Å². The van der Waals surface area contributed by atoms with Gasteiger partial charge >= 0.3 is 0 Å². The van der Waals surface area contributed by atoms with E-state index >= 15 is 0 Å². The number of nitrogens with zero attached hydrogens (tertiary/aromatic N) is 4. The van der Waals surface area contributed by atoms with Crippen LogP contribution in [-0.4, -0.2) is 44.0 Å². The average molecular weight is 402 g/mol. The number of piperidine rings is 1. The standard InChI is InChI=1S/C21H31N5OS/c1-5-17-8-6-7-13-25(17)18(27)14-28-20-24-23-19(26(20)22)15-9-11-16(12-10-15)21(2,3)4/h9-12,17H,5-8,13-14,22H2,1-4H3/t17-/m1/s1. The van der Waals surface area contributed by atoms with Gasteiger partial charge in [0.25, 0.3) is 0 Å². The number of amides is 1. The number of hydrogen-bond donors (Lipinski definition) is 1. The van der Waals surface area contributed by atoms with Gasteiger partial charge in [-0.15, -0.1) is 10.2 Å². The molecule has 1 amide bonds. The lowest BCUT2D eigenvalue weighted by molar-refractivity contribution is -0.132. The highest BCUT2D eigenvalue weighted by atomic mass is 32.2. The molecule has 1 saturated heterocycles. The zero-order valence-electron chi connectivity index (χ0n) is 17.3. The predicted molar refractivity (Wildman–Crippen MR) is 115 cm³/mol. The Hall–Kier alpha value is -2.02. The maximum atomic E-state index is 12.7. The van der Waals surface area contributed by atoms with Gasteiger partial charge in [0.2, 0.25) is 11.1 Å². The molecule has 0 spiro atoms. The van der Waals surface area contributed by atoms with Crippen LogP contribution in [0.25, 0.3) is 11.4 Å². The highest BCUT2D eigenvalue weighted by Gasteiger charge is 2.25. The molecule has 0 saturated carbocycles. The van der Waals surface area contributed by atoms with Crippen LogP contribution in [0.4, 0.5) is 0 Å². The molecule has 1 aromatic heterocycles. The van der Waals surface area contributed by atoms with Crippen molar-refractivity contribution in [3.8, 4) is 11.4 Å². The van der Waals surface area contributed by atoms with Crippen molar-refractivity contribution in [1.29, 1.82) is 0 Å². The maximum Gasteiger partial charge on any atom is 0.233 e. The minimum atomic E-state index is 0.0983. The fourth-order valence-corrected chi connectivity index (χ4v) is 4.40. The van der Waals surface area contributed by atoms with Gasteiger partial charge in [0.05, 0.1) is 5.75 Å². The summed E-state index contributed by atoms with van der Waals surface area (Å²) in [5, 5.41) is 9.00. The number of carbonyl (C=O) groups is 1. The molecule has 1 aliphatic heterocycles. The third kappa shape index (κ3) is 4.51. The number of aromatic nitrogens is 3. The smallest absolute Gasteiger partial charge is 0.233 e. The minimum absolute atomic E-state index is 0.0983. The van der Waals surface area contributed by atoms with E-state index in [0.29, 0.717) is 22.8 Å². The van der Waals surface area contributed by atoms with Crippen LogP contribution in [0.1, 0.15) is 58.9 Å². The molecule has 1 aliphatic rings. The fourth-order valence-electron chi connectivity index (χ4n) is 3.65. The topological polar surface area (TPSA) is 77.0 Å². The van der Waals surface area contributed by atoms with Gasteiger partial charge in [0.15, 0.2) is 5.82 Å². The van der Waals surface area contributed by atoms with Crippen molar-refractivity contribution in [1.82, 2.24) is 19.8 Å². The number of thioether (sulfide) groups is 1. The molecule has 0 aliphatic carbocycles. The third-order valence-corrected chi connectivity index (χ3v) is 6.34. The maximum absolute atomic E-state index is 12.7. The Morgan fingerprint density at radius 1 is 1.21 bits per heavy atom. The van der Waals surface area contributed by atoms with Crippen LogP contribution in [0.3, 0.4) is 0 Å². The Bertz CT molecular complexity index is 809. The molecule has 1 fully saturated rings. The van der Waals surface area contributed by atoms with Gasteiger partial charge in [0, 0.05) is 18.2 Å². The van der Waals surface area contributed by atoms with Crippen LogP contribution in [-0.2, 0) is 10.2 Å². The lowest BCUT2D eigenvalue weighted by Gasteiger charge is -2.35. The van der Waals surface area contributed by atoms with Gasteiger partial charge in [-0.1, -0.05) is 63.7 Å². The lowest BCUT2D eigenvalue weighted by atomic mass is 9.87.